The Morgan fingerprint density at radius 3 is 2.10 bits per heavy atom. The first-order valence-electron chi connectivity index (χ1n) is 4.02. The lowest BCUT2D eigenvalue weighted by Gasteiger charge is -2.06. The minimum absolute atomic E-state index is 0.0648. The molecule has 2 unspecified atom stereocenters. The summed E-state index contributed by atoms with van der Waals surface area (Å²) < 4.78 is 0. The summed E-state index contributed by atoms with van der Waals surface area (Å²) in [5, 5.41) is 8.81. The van der Waals surface area contributed by atoms with E-state index in [-0.39, 0.29) is 5.92 Å². The third kappa shape index (κ3) is 0.360. The molecule has 1 N–H and O–H groups in total. The predicted octanol–water partition coefficient (Wildman–Crippen LogP) is 0.973. The lowest BCUT2D eigenvalue weighted by atomic mass is 9.99. The molecule has 2 nitrogen and oxygen atoms in total. The molecule has 0 aromatic carbocycles. The molecule has 0 spiro atoms. The highest BCUT2D eigenvalue weighted by Crippen LogP contribution is 2.73. The first kappa shape index (κ1) is 5.16. The maximum Gasteiger partial charge on any atom is 0.307 e. The second-order valence-corrected chi connectivity index (χ2v) is 4.00. The Balaban J connectivity index is 1.97. The summed E-state index contributed by atoms with van der Waals surface area (Å²) in [5.41, 5.74) is 0. The van der Waals surface area contributed by atoms with Gasteiger partial charge in [-0.25, -0.2) is 0 Å². The number of hydrogen-bond donors (Lipinski definition) is 1. The normalized spacial score (nSPS) is 61.0. The summed E-state index contributed by atoms with van der Waals surface area (Å²) in [4.78, 5) is 10.7. The standard InChI is InChI=1S/C8H10O2/c9-8(10)6-3-1-4-5(2-3)7(4)6/h3-7H,1-2H2,(H,9,10)/t3?,4-,5+,6-,7?/m1/s1. The third-order valence-electron chi connectivity index (χ3n) is 3.76. The number of carboxylic acids is 1. The van der Waals surface area contributed by atoms with Gasteiger partial charge in [0, 0.05) is 0 Å². The highest BCUT2D eigenvalue weighted by molar-refractivity contribution is 5.73. The van der Waals surface area contributed by atoms with E-state index in [1.54, 1.807) is 0 Å². The average molecular weight is 138 g/mol. The van der Waals surface area contributed by atoms with E-state index in [4.69, 9.17) is 5.11 Å². The van der Waals surface area contributed by atoms with Crippen molar-refractivity contribution in [1.82, 2.24) is 0 Å². The van der Waals surface area contributed by atoms with Crippen LogP contribution in [-0.2, 0) is 4.79 Å². The molecule has 0 aromatic heterocycles. The van der Waals surface area contributed by atoms with E-state index < -0.39 is 5.97 Å². The Morgan fingerprint density at radius 2 is 1.90 bits per heavy atom. The summed E-state index contributed by atoms with van der Waals surface area (Å²) in [7, 11) is 0. The predicted molar refractivity (Wildman–Crippen MR) is 34.3 cm³/mol. The molecule has 0 amide bonds. The number of hydrogen-bond acceptors (Lipinski definition) is 1. The van der Waals surface area contributed by atoms with Gasteiger partial charge in [-0.3, -0.25) is 4.79 Å². The zero-order valence-corrected chi connectivity index (χ0v) is 5.66. The van der Waals surface area contributed by atoms with Crippen LogP contribution in [0.2, 0.25) is 0 Å². The lowest BCUT2D eigenvalue weighted by Crippen LogP contribution is -2.16. The van der Waals surface area contributed by atoms with E-state index in [1.165, 1.54) is 12.8 Å². The summed E-state index contributed by atoms with van der Waals surface area (Å²) in [6.07, 6.45) is 2.46. The minimum atomic E-state index is -0.530. The van der Waals surface area contributed by atoms with Crippen molar-refractivity contribution in [3.05, 3.63) is 0 Å². The van der Waals surface area contributed by atoms with E-state index in [9.17, 15) is 4.79 Å². The first-order valence-corrected chi connectivity index (χ1v) is 4.02. The first-order chi connectivity index (χ1) is 4.79. The van der Waals surface area contributed by atoms with Crippen molar-refractivity contribution in [3.63, 3.8) is 0 Å². The van der Waals surface area contributed by atoms with Gasteiger partial charge in [0.1, 0.15) is 0 Å². The van der Waals surface area contributed by atoms with Gasteiger partial charge >= 0.3 is 5.97 Å². The maximum atomic E-state index is 10.7. The van der Waals surface area contributed by atoms with Gasteiger partial charge in [0.05, 0.1) is 5.92 Å². The molecule has 0 radical (unpaired) electrons. The molecule has 5 atom stereocenters. The van der Waals surface area contributed by atoms with E-state index in [1.807, 2.05) is 0 Å². The van der Waals surface area contributed by atoms with Crippen molar-refractivity contribution in [1.29, 1.82) is 0 Å². The number of rotatable bonds is 1. The second-order valence-electron chi connectivity index (χ2n) is 4.00. The highest BCUT2D eigenvalue weighted by atomic mass is 16.4. The van der Waals surface area contributed by atoms with Gasteiger partial charge in [0.25, 0.3) is 0 Å². The molecular formula is C8H10O2. The van der Waals surface area contributed by atoms with Crippen molar-refractivity contribution < 1.29 is 9.90 Å². The second kappa shape index (κ2) is 1.25. The van der Waals surface area contributed by atoms with Gasteiger partial charge in [-0.2, -0.15) is 0 Å². The maximum absolute atomic E-state index is 10.7. The zero-order valence-electron chi connectivity index (χ0n) is 5.66. The van der Waals surface area contributed by atoms with Crippen LogP contribution in [-0.4, -0.2) is 11.1 Å². The molecule has 4 bridgehead atoms. The third-order valence-corrected chi connectivity index (χ3v) is 3.76. The minimum Gasteiger partial charge on any atom is -0.481 e. The molecule has 0 aromatic rings. The average Bonchev–Trinajstić information content (AvgIpc) is 2.38. The summed E-state index contributed by atoms with van der Waals surface area (Å²) in [5.74, 6) is 2.39. The molecule has 4 saturated carbocycles. The van der Waals surface area contributed by atoms with E-state index in [0.717, 1.165) is 11.8 Å². The molecule has 54 valence electrons. The van der Waals surface area contributed by atoms with Gasteiger partial charge < -0.3 is 5.11 Å². The highest BCUT2D eigenvalue weighted by Gasteiger charge is 2.70. The Labute approximate surface area is 59.2 Å². The van der Waals surface area contributed by atoms with Crippen LogP contribution in [0.25, 0.3) is 0 Å². The van der Waals surface area contributed by atoms with Crippen LogP contribution < -0.4 is 0 Å². The molecular weight excluding hydrogens is 128 g/mol. The van der Waals surface area contributed by atoms with Crippen LogP contribution in [0.4, 0.5) is 0 Å². The molecule has 4 aliphatic carbocycles. The molecule has 0 aliphatic heterocycles. The quantitative estimate of drug-likeness (QED) is 0.586. The number of aliphatic carboxylic acids is 1. The van der Waals surface area contributed by atoms with E-state index in [0.29, 0.717) is 11.8 Å². The van der Waals surface area contributed by atoms with Crippen molar-refractivity contribution in [2.45, 2.75) is 12.8 Å². The Morgan fingerprint density at radius 1 is 1.30 bits per heavy atom. The molecule has 0 heterocycles. The van der Waals surface area contributed by atoms with Crippen molar-refractivity contribution in [2.75, 3.05) is 0 Å². The van der Waals surface area contributed by atoms with Crippen LogP contribution in [0.5, 0.6) is 0 Å². The Hall–Kier alpha value is -0.530. The van der Waals surface area contributed by atoms with Gasteiger partial charge in [-0.15, -0.1) is 0 Å². The fraction of sp³-hybridized carbons (Fsp3) is 0.875. The molecule has 4 fully saturated rings. The Bertz CT molecular complexity index is 197. The molecule has 10 heavy (non-hydrogen) atoms. The largest absolute Gasteiger partial charge is 0.481 e. The van der Waals surface area contributed by atoms with Crippen molar-refractivity contribution >= 4 is 5.97 Å². The SMILES string of the molecule is O=C(O)[C@@H]1C2C[C@@H]3C1[C@@H]3C2. The van der Waals surface area contributed by atoms with Crippen LogP contribution in [0.15, 0.2) is 0 Å². The molecule has 4 rings (SSSR count). The lowest BCUT2D eigenvalue weighted by molar-refractivity contribution is -0.143. The van der Waals surface area contributed by atoms with Crippen molar-refractivity contribution in [3.8, 4) is 0 Å². The van der Waals surface area contributed by atoms with Crippen LogP contribution in [0, 0.1) is 29.6 Å². The van der Waals surface area contributed by atoms with Crippen LogP contribution in [0.3, 0.4) is 0 Å². The fourth-order valence-corrected chi connectivity index (χ4v) is 3.44. The fourth-order valence-electron chi connectivity index (χ4n) is 3.44. The number of carboxylic acid groups (broad SMARTS) is 1. The van der Waals surface area contributed by atoms with E-state index in [2.05, 4.69) is 0 Å². The molecule has 2 heteroatoms. The zero-order chi connectivity index (χ0) is 6.88. The van der Waals surface area contributed by atoms with Gasteiger partial charge in [0.2, 0.25) is 0 Å². The monoisotopic (exact) mass is 138 g/mol. The molecule has 0 saturated heterocycles. The topological polar surface area (TPSA) is 37.3 Å². The summed E-state index contributed by atoms with van der Waals surface area (Å²) in [6, 6.07) is 0. The van der Waals surface area contributed by atoms with Crippen LogP contribution >= 0.6 is 0 Å². The van der Waals surface area contributed by atoms with E-state index >= 15 is 0 Å². The van der Waals surface area contributed by atoms with Gasteiger partial charge in [-0.1, -0.05) is 0 Å². The summed E-state index contributed by atoms with van der Waals surface area (Å²) >= 11 is 0. The number of carbonyl (C=O) groups is 1. The van der Waals surface area contributed by atoms with Crippen molar-refractivity contribution in [2.24, 2.45) is 29.6 Å². The smallest absolute Gasteiger partial charge is 0.307 e. The molecule has 4 aliphatic rings. The van der Waals surface area contributed by atoms with Gasteiger partial charge in [0.15, 0.2) is 0 Å². The van der Waals surface area contributed by atoms with Crippen LogP contribution in [0.1, 0.15) is 12.8 Å². The summed E-state index contributed by atoms with van der Waals surface area (Å²) in [6.45, 7) is 0. The Kier molecular flexibility index (Phi) is 0.644. The van der Waals surface area contributed by atoms with Gasteiger partial charge in [-0.05, 0) is 36.5 Å².